The molecule has 0 saturated carbocycles. The fourth-order valence-electron chi connectivity index (χ4n) is 6.82. The second kappa shape index (κ2) is 8.51. The zero-order valence-corrected chi connectivity index (χ0v) is 22.3. The quantitative estimate of drug-likeness (QED) is 0.227. The van der Waals surface area contributed by atoms with Crippen LogP contribution in [-0.4, -0.2) is 9.55 Å². The molecule has 0 unspecified atom stereocenters. The lowest BCUT2D eigenvalue weighted by molar-refractivity contribution is 1.11. The molecule has 190 valence electrons. The highest BCUT2D eigenvalue weighted by atomic mass is 15.1. The molecule has 8 aromatic rings. The first-order chi connectivity index (χ1) is 20.4. The molecule has 0 fully saturated rings. The Morgan fingerprint density at radius 1 is 0.366 bits per heavy atom. The third kappa shape index (κ3) is 3.16. The predicted octanol–water partition coefficient (Wildman–Crippen LogP) is 10.3. The van der Waals surface area contributed by atoms with Gasteiger partial charge in [-0.25, -0.2) is 4.98 Å². The van der Waals surface area contributed by atoms with Crippen molar-refractivity contribution in [3.63, 3.8) is 0 Å². The zero-order chi connectivity index (χ0) is 26.9. The van der Waals surface area contributed by atoms with E-state index in [1.807, 2.05) is 0 Å². The number of hydrogen-bond donors (Lipinski definition) is 0. The number of aromatic nitrogens is 2. The van der Waals surface area contributed by atoms with Crippen molar-refractivity contribution >= 4 is 32.6 Å². The summed E-state index contributed by atoms with van der Waals surface area (Å²) in [6.07, 6.45) is 0. The van der Waals surface area contributed by atoms with Crippen molar-refractivity contribution < 1.29 is 0 Å². The van der Waals surface area contributed by atoms with Gasteiger partial charge in [0.1, 0.15) is 5.82 Å². The van der Waals surface area contributed by atoms with E-state index in [1.165, 1.54) is 54.9 Å². The van der Waals surface area contributed by atoms with Gasteiger partial charge in [-0.2, -0.15) is 0 Å². The van der Waals surface area contributed by atoms with Gasteiger partial charge in [-0.05, 0) is 85.3 Å². The lowest BCUT2D eigenvalue weighted by atomic mass is 9.90. The molecule has 0 N–H and O–H groups in total. The molecule has 9 rings (SSSR count). The molecule has 0 saturated heterocycles. The van der Waals surface area contributed by atoms with Crippen LogP contribution in [0.1, 0.15) is 0 Å². The molecular formula is C39H24N2. The summed E-state index contributed by atoms with van der Waals surface area (Å²) in [5, 5.41) is 5.08. The summed E-state index contributed by atoms with van der Waals surface area (Å²) < 4.78 is 2.28. The minimum absolute atomic E-state index is 0.955. The van der Waals surface area contributed by atoms with Crippen molar-refractivity contribution in [2.45, 2.75) is 0 Å². The maximum absolute atomic E-state index is 5.18. The van der Waals surface area contributed by atoms with Crippen LogP contribution in [0.15, 0.2) is 146 Å². The lowest BCUT2D eigenvalue weighted by Gasteiger charge is -2.16. The van der Waals surface area contributed by atoms with E-state index in [1.54, 1.807) is 0 Å². The SMILES string of the molecule is c1ccc(-n2c(-c3ccc(-c4ccc5c6c(cccc46)-c4ccccc4-5)c4ccccc34)nc3ccccc32)cc1. The Morgan fingerprint density at radius 2 is 0.902 bits per heavy atom. The maximum atomic E-state index is 5.18. The molecule has 41 heavy (non-hydrogen) atoms. The van der Waals surface area contributed by atoms with E-state index in [2.05, 4.69) is 150 Å². The summed E-state index contributed by atoms with van der Waals surface area (Å²) in [4.78, 5) is 5.18. The van der Waals surface area contributed by atoms with E-state index >= 15 is 0 Å². The Hall–Kier alpha value is -5.47. The Morgan fingerprint density at radius 3 is 1.71 bits per heavy atom. The predicted molar refractivity (Wildman–Crippen MR) is 171 cm³/mol. The summed E-state index contributed by atoms with van der Waals surface area (Å²) >= 11 is 0. The minimum Gasteiger partial charge on any atom is -0.292 e. The summed E-state index contributed by atoms with van der Waals surface area (Å²) in [7, 11) is 0. The highest BCUT2D eigenvalue weighted by Crippen LogP contribution is 2.50. The van der Waals surface area contributed by atoms with E-state index in [0.29, 0.717) is 0 Å². The highest BCUT2D eigenvalue weighted by Gasteiger charge is 2.23. The fraction of sp³-hybridized carbons (Fsp3) is 0. The number of fused-ring (bicyclic) bond motifs is 5. The van der Waals surface area contributed by atoms with Crippen LogP contribution in [0, 0.1) is 0 Å². The Bertz CT molecular complexity index is 2280. The van der Waals surface area contributed by atoms with Crippen LogP contribution in [-0.2, 0) is 0 Å². The van der Waals surface area contributed by atoms with E-state index in [0.717, 1.165) is 28.1 Å². The van der Waals surface area contributed by atoms with Crippen LogP contribution >= 0.6 is 0 Å². The van der Waals surface area contributed by atoms with E-state index in [9.17, 15) is 0 Å². The van der Waals surface area contributed by atoms with E-state index < -0.39 is 0 Å². The highest BCUT2D eigenvalue weighted by molar-refractivity contribution is 6.20. The van der Waals surface area contributed by atoms with E-state index in [4.69, 9.17) is 4.98 Å². The van der Waals surface area contributed by atoms with Gasteiger partial charge in [0, 0.05) is 11.3 Å². The molecule has 1 aromatic heterocycles. The smallest absolute Gasteiger partial charge is 0.146 e. The number of hydrogen-bond acceptors (Lipinski definition) is 1. The Labute approximate surface area is 237 Å². The molecule has 0 spiro atoms. The normalized spacial score (nSPS) is 11.9. The molecule has 1 heterocycles. The van der Waals surface area contributed by atoms with Gasteiger partial charge in [-0.3, -0.25) is 4.57 Å². The Balaban J connectivity index is 1.31. The van der Waals surface area contributed by atoms with Crippen LogP contribution < -0.4 is 0 Å². The van der Waals surface area contributed by atoms with E-state index in [-0.39, 0.29) is 0 Å². The summed E-state index contributed by atoms with van der Waals surface area (Å²) in [5.41, 5.74) is 12.1. The average Bonchev–Trinajstić information content (AvgIpc) is 3.59. The topological polar surface area (TPSA) is 17.8 Å². The fourth-order valence-corrected chi connectivity index (χ4v) is 6.82. The van der Waals surface area contributed by atoms with Crippen LogP contribution in [0.4, 0.5) is 0 Å². The largest absolute Gasteiger partial charge is 0.292 e. The maximum Gasteiger partial charge on any atom is 0.146 e. The van der Waals surface area contributed by atoms with Crippen LogP contribution in [0.5, 0.6) is 0 Å². The average molecular weight is 521 g/mol. The standard InChI is InChI=1S/C39H24N2/c1-2-11-25(12-3-1)41-37-20-9-8-19-36(37)40-39(41)35-24-22-30(26-13-4-7-16-29(26)35)31-21-23-34-28-15-6-5-14-27(28)32-17-10-18-33(31)38(32)34/h1-24H. The van der Waals surface area contributed by atoms with Gasteiger partial charge in [0.15, 0.2) is 0 Å². The van der Waals surface area contributed by atoms with Crippen molar-refractivity contribution in [1.29, 1.82) is 0 Å². The third-order valence-electron chi connectivity index (χ3n) is 8.58. The number of benzene rings is 7. The molecule has 1 aliphatic carbocycles. The zero-order valence-electron chi connectivity index (χ0n) is 22.3. The number of imidazole rings is 1. The first-order valence-electron chi connectivity index (χ1n) is 14.1. The van der Waals surface area contributed by atoms with Gasteiger partial charge < -0.3 is 0 Å². The molecule has 1 aliphatic rings. The molecular weight excluding hydrogens is 496 g/mol. The van der Waals surface area contributed by atoms with Crippen molar-refractivity contribution in [1.82, 2.24) is 9.55 Å². The van der Waals surface area contributed by atoms with Gasteiger partial charge in [0.05, 0.1) is 11.0 Å². The number of rotatable bonds is 3. The van der Waals surface area contributed by atoms with Gasteiger partial charge in [0.2, 0.25) is 0 Å². The van der Waals surface area contributed by atoms with Crippen LogP contribution in [0.2, 0.25) is 0 Å². The van der Waals surface area contributed by atoms with Gasteiger partial charge in [0.25, 0.3) is 0 Å². The molecule has 0 radical (unpaired) electrons. The van der Waals surface area contributed by atoms with Crippen molar-refractivity contribution in [2.24, 2.45) is 0 Å². The number of para-hydroxylation sites is 3. The van der Waals surface area contributed by atoms with Gasteiger partial charge in [-0.15, -0.1) is 0 Å². The number of nitrogens with zero attached hydrogens (tertiary/aromatic N) is 2. The lowest BCUT2D eigenvalue weighted by Crippen LogP contribution is -1.98. The molecule has 0 atom stereocenters. The second-order valence-corrected chi connectivity index (χ2v) is 10.7. The van der Waals surface area contributed by atoms with Crippen molar-refractivity contribution in [3.05, 3.63) is 146 Å². The monoisotopic (exact) mass is 520 g/mol. The molecule has 0 bridgehead atoms. The first kappa shape index (κ1) is 22.4. The van der Waals surface area contributed by atoms with Crippen molar-refractivity contribution in [2.75, 3.05) is 0 Å². The van der Waals surface area contributed by atoms with Gasteiger partial charge >= 0.3 is 0 Å². The van der Waals surface area contributed by atoms with Gasteiger partial charge in [-0.1, -0.05) is 115 Å². The summed E-state index contributed by atoms with van der Waals surface area (Å²) in [6.45, 7) is 0. The Kier molecular flexibility index (Phi) is 4.64. The molecule has 7 aromatic carbocycles. The second-order valence-electron chi connectivity index (χ2n) is 10.7. The molecule has 2 heteroatoms. The van der Waals surface area contributed by atoms with Crippen LogP contribution in [0.3, 0.4) is 0 Å². The summed E-state index contributed by atoms with van der Waals surface area (Å²) in [5.74, 6) is 0.955. The molecule has 2 nitrogen and oxygen atoms in total. The minimum atomic E-state index is 0.955. The first-order valence-corrected chi connectivity index (χ1v) is 14.1. The third-order valence-corrected chi connectivity index (χ3v) is 8.58. The molecule has 0 aliphatic heterocycles. The molecule has 0 amide bonds. The van der Waals surface area contributed by atoms with Crippen LogP contribution in [0.25, 0.3) is 83.0 Å². The van der Waals surface area contributed by atoms with Crippen molar-refractivity contribution in [3.8, 4) is 50.5 Å². The summed E-state index contributed by atoms with van der Waals surface area (Å²) in [6, 6.07) is 52.4.